The summed E-state index contributed by atoms with van der Waals surface area (Å²) in [6.07, 6.45) is 0. The minimum absolute atomic E-state index is 0.194. The summed E-state index contributed by atoms with van der Waals surface area (Å²) in [5, 5.41) is 3.03. The van der Waals surface area contributed by atoms with E-state index >= 15 is 0 Å². The normalized spacial score (nSPS) is 8.27. The summed E-state index contributed by atoms with van der Waals surface area (Å²) in [7, 11) is 0. The van der Waals surface area contributed by atoms with E-state index in [0.29, 0.717) is 13.1 Å². The molecule has 11 heavy (non-hydrogen) atoms. The first-order valence-corrected chi connectivity index (χ1v) is 4.10. The van der Waals surface area contributed by atoms with Crippen LogP contribution >= 0.6 is 24.8 Å². The maximum Gasteiger partial charge on any atom is 0.128 e. The molecule has 0 aromatic rings. The van der Waals surface area contributed by atoms with Crippen molar-refractivity contribution in [2.24, 2.45) is 17.2 Å². The first-order chi connectivity index (χ1) is 5.15. The molecule has 0 aromatic carbocycles. The molecule has 0 aromatic heterocycles. The average molecular weight is 196 g/mol. The van der Waals surface area contributed by atoms with Crippen molar-refractivity contribution in [3.63, 3.8) is 0 Å². The third kappa shape index (κ3) is 39.3. The maximum atomic E-state index is 5.17. The van der Waals surface area contributed by atoms with Crippen molar-refractivity contribution < 1.29 is 0 Å². The van der Waals surface area contributed by atoms with Crippen molar-refractivity contribution in [2.75, 3.05) is 26.2 Å². The van der Waals surface area contributed by atoms with Crippen LogP contribution in [-0.2, 0) is 0 Å². The Morgan fingerprint density at radius 2 is 1.55 bits per heavy atom. The molecule has 0 rings (SSSR count). The highest BCUT2D eigenvalue weighted by molar-refractivity contribution is 8.10. The van der Waals surface area contributed by atoms with Crippen LogP contribution in [0.3, 0.4) is 0 Å². The average Bonchev–Trinajstić information content (AvgIpc) is 1.88. The second-order valence-corrected chi connectivity index (χ2v) is 2.89. The van der Waals surface area contributed by atoms with Crippen LogP contribution in [0.2, 0.25) is 0 Å². The number of nitrogens with one attached hydrogen (secondary N) is 1. The molecule has 68 valence electrons. The lowest BCUT2D eigenvalue weighted by Crippen LogP contribution is -2.27. The van der Waals surface area contributed by atoms with Gasteiger partial charge in [-0.3, -0.25) is 0 Å². The van der Waals surface area contributed by atoms with E-state index in [9.17, 15) is 0 Å². The molecule has 0 bridgehead atoms. The van der Waals surface area contributed by atoms with E-state index in [0.717, 1.165) is 13.1 Å². The third-order valence-electron chi connectivity index (χ3n) is 0.642. The summed E-state index contributed by atoms with van der Waals surface area (Å²) in [5.74, 6) is 0. The van der Waals surface area contributed by atoms with Gasteiger partial charge in [-0.1, -0.05) is 12.2 Å². The molecule has 0 saturated heterocycles. The van der Waals surface area contributed by atoms with Gasteiger partial charge in [0.2, 0.25) is 0 Å². The van der Waals surface area contributed by atoms with E-state index in [1.807, 2.05) is 0 Å². The second kappa shape index (κ2) is 12.8. The molecular weight excluding hydrogens is 180 g/mol. The lowest BCUT2D eigenvalue weighted by Gasteiger charge is -1.95. The van der Waals surface area contributed by atoms with E-state index in [-0.39, 0.29) is 4.32 Å². The molecule has 7 N–H and O–H groups in total. The largest absolute Gasteiger partial charge is 0.385 e. The number of hydrogen-bond donors (Lipinski definition) is 5. The molecule has 0 atom stereocenters. The Morgan fingerprint density at radius 3 is 1.73 bits per heavy atom. The molecular formula is C5H16N4S2. The van der Waals surface area contributed by atoms with Gasteiger partial charge in [0.25, 0.3) is 0 Å². The van der Waals surface area contributed by atoms with Crippen LogP contribution in [0.15, 0.2) is 0 Å². The van der Waals surface area contributed by atoms with Gasteiger partial charge in [0.05, 0.1) is 0 Å². The number of thiol groups is 1. The molecule has 0 aliphatic carbocycles. The van der Waals surface area contributed by atoms with Gasteiger partial charge in [-0.15, -0.1) is 12.6 Å². The van der Waals surface area contributed by atoms with Gasteiger partial charge in [-0.25, -0.2) is 0 Å². The quantitative estimate of drug-likeness (QED) is 0.218. The van der Waals surface area contributed by atoms with Gasteiger partial charge in [-0.05, 0) is 0 Å². The molecule has 0 spiro atoms. The molecule has 0 saturated carbocycles. The predicted molar refractivity (Wildman–Crippen MR) is 56.7 cm³/mol. The van der Waals surface area contributed by atoms with Crippen molar-refractivity contribution in [2.45, 2.75) is 0 Å². The van der Waals surface area contributed by atoms with Crippen molar-refractivity contribution in [3.8, 4) is 0 Å². The Kier molecular flexibility index (Phi) is 15.9. The lowest BCUT2D eigenvalue weighted by atomic mass is 10.6. The second-order valence-electron chi connectivity index (χ2n) is 1.67. The molecule has 0 unspecified atom stereocenters. The smallest absolute Gasteiger partial charge is 0.128 e. The topological polar surface area (TPSA) is 90.1 Å². The van der Waals surface area contributed by atoms with E-state index in [4.69, 9.17) is 17.2 Å². The molecule has 0 amide bonds. The fourth-order valence-corrected chi connectivity index (χ4v) is 0.329. The Labute approximate surface area is 78.3 Å². The van der Waals surface area contributed by atoms with Gasteiger partial charge >= 0.3 is 0 Å². The summed E-state index contributed by atoms with van der Waals surface area (Å²) in [5.41, 5.74) is 15.0. The Balaban J connectivity index is 0. The zero-order chi connectivity index (χ0) is 9.11. The number of rotatable bonds is 4. The van der Waals surface area contributed by atoms with Crippen LogP contribution < -0.4 is 22.5 Å². The van der Waals surface area contributed by atoms with Crippen LogP contribution in [0.25, 0.3) is 0 Å². The Hall–Kier alpha value is 0.120. The summed E-state index contributed by atoms with van der Waals surface area (Å²) in [6, 6.07) is 0. The number of hydrogen-bond acceptors (Lipinski definition) is 4. The molecule has 0 aliphatic rings. The fourth-order valence-electron chi connectivity index (χ4n) is 0.329. The lowest BCUT2D eigenvalue weighted by molar-refractivity contribution is 0.696. The van der Waals surface area contributed by atoms with Gasteiger partial charge in [0.15, 0.2) is 0 Å². The van der Waals surface area contributed by atoms with Crippen LogP contribution in [-0.4, -0.2) is 30.5 Å². The highest BCUT2D eigenvalue weighted by Gasteiger charge is 1.76. The minimum Gasteiger partial charge on any atom is -0.385 e. The zero-order valence-corrected chi connectivity index (χ0v) is 8.13. The van der Waals surface area contributed by atoms with Gasteiger partial charge in [0.1, 0.15) is 4.32 Å². The highest BCUT2D eigenvalue weighted by atomic mass is 32.1. The first-order valence-electron chi connectivity index (χ1n) is 3.24. The van der Waals surface area contributed by atoms with Crippen molar-refractivity contribution in [3.05, 3.63) is 0 Å². The zero-order valence-electron chi connectivity index (χ0n) is 6.42. The van der Waals surface area contributed by atoms with Gasteiger partial charge in [0, 0.05) is 26.2 Å². The van der Waals surface area contributed by atoms with Crippen molar-refractivity contribution >= 4 is 29.2 Å². The standard InChI is InChI=1S/C4H13N3.CH3NS2/c5-1-3-7-4-2-6;2-1(3)4/h7H,1-6H2;(H3,2,3,4). The Bertz CT molecular complexity index is 80.6. The van der Waals surface area contributed by atoms with E-state index in [2.05, 4.69) is 30.2 Å². The van der Waals surface area contributed by atoms with Gasteiger partial charge in [-0.2, -0.15) is 0 Å². The first kappa shape index (κ1) is 13.7. The summed E-state index contributed by atoms with van der Waals surface area (Å²) in [4.78, 5) is 0. The molecule has 0 radical (unpaired) electrons. The van der Waals surface area contributed by atoms with E-state index < -0.39 is 0 Å². The molecule has 4 nitrogen and oxygen atoms in total. The van der Waals surface area contributed by atoms with Crippen LogP contribution in [0.5, 0.6) is 0 Å². The summed E-state index contributed by atoms with van der Waals surface area (Å²) < 4.78 is 0.194. The number of thiocarbonyl (C=S) groups is 1. The monoisotopic (exact) mass is 196 g/mol. The number of nitrogens with two attached hydrogens (primary N) is 3. The highest BCUT2D eigenvalue weighted by Crippen LogP contribution is 1.63. The molecule has 0 aliphatic heterocycles. The maximum absolute atomic E-state index is 5.17. The molecule has 6 heteroatoms. The van der Waals surface area contributed by atoms with Crippen LogP contribution in [0.1, 0.15) is 0 Å². The third-order valence-corrected chi connectivity index (χ3v) is 0.642. The van der Waals surface area contributed by atoms with Crippen molar-refractivity contribution in [1.82, 2.24) is 5.32 Å². The summed E-state index contributed by atoms with van der Waals surface area (Å²) in [6.45, 7) is 3.13. The van der Waals surface area contributed by atoms with Crippen molar-refractivity contribution in [1.29, 1.82) is 0 Å². The fraction of sp³-hybridized carbons (Fsp3) is 0.800. The minimum atomic E-state index is 0.194. The van der Waals surface area contributed by atoms with E-state index in [1.54, 1.807) is 0 Å². The molecule has 0 fully saturated rings. The Morgan fingerprint density at radius 1 is 1.27 bits per heavy atom. The SMILES string of the molecule is NC(=S)S.NCCNCCN. The van der Waals surface area contributed by atoms with E-state index in [1.165, 1.54) is 0 Å². The summed E-state index contributed by atoms with van der Waals surface area (Å²) >= 11 is 7.65. The predicted octanol–water partition coefficient (Wildman–Crippen LogP) is -1.35. The molecule has 0 heterocycles. The van der Waals surface area contributed by atoms with Gasteiger partial charge < -0.3 is 22.5 Å². The van der Waals surface area contributed by atoms with Crippen LogP contribution in [0.4, 0.5) is 0 Å². The van der Waals surface area contributed by atoms with Crippen LogP contribution in [0, 0.1) is 0 Å².